The number of hydrogen-bond donors (Lipinski definition) is 1. The van der Waals surface area contributed by atoms with Crippen molar-refractivity contribution in [3.05, 3.63) is 111 Å². The number of methoxy groups -OCH3 is 1. The standard InChI is InChI=1S/C27H19N3O6S/c1-36-19-12-13-20-22(15-19)37-27(28-20)29-24(17-8-10-18(11-9-17)30(34)35)23(25(32)26(29)33)21(31)14-7-16-5-3-2-4-6-16/h2-15,24,32H,1H3. The SMILES string of the molecule is COc1ccc2nc(N3C(=O)C(O)=C(C(=O)C=Cc4ccccc4)C3c3ccc([N+](=O)[O-])cc3)sc2c1. The number of fused-ring (bicyclic) bond motifs is 1. The van der Waals surface area contributed by atoms with E-state index in [4.69, 9.17) is 4.74 Å². The van der Waals surface area contributed by atoms with Gasteiger partial charge in [-0.05, 0) is 47.5 Å². The third-order valence-electron chi connectivity index (χ3n) is 5.91. The number of anilines is 1. The molecular weight excluding hydrogens is 494 g/mol. The Kier molecular flexibility index (Phi) is 6.24. The molecule has 1 N–H and O–H groups in total. The summed E-state index contributed by atoms with van der Waals surface area (Å²) in [7, 11) is 1.54. The minimum atomic E-state index is -1.04. The first-order valence-electron chi connectivity index (χ1n) is 11.1. The fraction of sp³-hybridized carbons (Fsp3) is 0.0741. The number of benzene rings is 3. The summed E-state index contributed by atoms with van der Waals surface area (Å²) in [4.78, 5) is 43.1. The Balaban J connectivity index is 1.60. The monoisotopic (exact) mass is 513 g/mol. The second kappa shape index (κ2) is 9.67. The molecule has 1 amide bonds. The van der Waals surface area contributed by atoms with Gasteiger partial charge in [-0.1, -0.05) is 47.7 Å². The van der Waals surface area contributed by atoms with Crippen LogP contribution in [0.25, 0.3) is 16.3 Å². The molecule has 1 aliphatic rings. The van der Waals surface area contributed by atoms with Gasteiger partial charge in [0.15, 0.2) is 16.7 Å². The first-order chi connectivity index (χ1) is 17.9. The number of carbonyl (C=O) groups is 2. The van der Waals surface area contributed by atoms with Crippen molar-refractivity contribution < 1.29 is 24.4 Å². The Labute approximate surface area is 214 Å². The van der Waals surface area contributed by atoms with E-state index in [9.17, 15) is 24.8 Å². The molecule has 1 aromatic heterocycles. The average Bonchev–Trinajstić information content (AvgIpc) is 3.45. The minimum absolute atomic E-state index is 0.136. The van der Waals surface area contributed by atoms with Gasteiger partial charge in [0.05, 0.1) is 33.9 Å². The second-order valence-electron chi connectivity index (χ2n) is 8.13. The van der Waals surface area contributed by atoms with Gasteiger partial charge < -0.3 is 9.84 Å². The summed E-state index contributed by atoms with van der Waals surface area (Å²) in [5, 5.41) is 22.3. The zero-order valence-corrected chi connectivity index (χ0v) is 20.2. The number of nitrogens with zero attached hydrogens (tertiary/aromatic N) is 3. The summed E-state index contributed by atoms with van der Waals surface area (Å²) >= 11 is 1.20. The molecule has 1 atom stereocenters. The first-order valence-corrected chi connectivity index (χ1v) is 11.9. The van der Waals surface area contributed by atoms with Gasteiger partial charge in [-0.2, -0.15) is 0 Å². The van der Waals surface area contributed by atoms with Crippen LogP contribution < -0.4 is 9.64 Å². The number of amides is 1. The van der Waals surface area contributed by atoms with Crippen LogP contribution in [0.5, 0.6) is 5.75 Å². The molecule has 0 aliphatic carbocycles. The second-order valence-corrected chi connectivity index (χ2v) is 9.14. The van der Waals surface area contributed by atoms with Gasteiger partial charge in [0.25, 0.3) is 11.6 Å². The fourth-order valence-corrected chi connectivity index (χ4v) is 5.12. The van der Waals surface area contributed by atoms with E-state index in [1.165, 1.54) is 46.6 Å². The number of aromatic nitrogens is 1. The van der Waals surface area contributed by atoms with Crippen LogP contribution in [0.2, 0.25) is 0 Å². The van der Waals surface area contributed by atoms with Crippen molar-refractivity contribution in [2.75, 3.05) is 12.0 Å². The van der Waals surface area contributed by atoms with Crippen LogP contribution in [0.3, 0.4) is 0 Å². The topological polar surface area (TPSA) is 123 Å². The number of nitro groups is 1. The number of ketones is 1. The highest BCUT2D eigenvalue weighted by molar-refractivity contribution is 7.22. The average molecular weight is 514 g/mol. The van der Waals surface area contributed by atoms with E-state index < -0.39 is 28.4 Å². The number of thiazole rings is 1. The Morgan fingerprint density at radius 1 is 1.14 bits per heavy atom. The van der Waals surface area contributed by atoms with Crippen LogP contribution in [0.4, 0.5) is 10.8 Å². The van der Waals surface area contributed by atoms with Crippen molar-refractivity contribution in [2.24, 2.45) is 0 Å². The maximum atomic E-state index is 13.3. The Hall–Kier alpha value is -4.83. The Bertz CT molecular complexity index is 1590. The van der Waals surface area contributed by atoms with Gasteiger partial charge >= 0.3 is 0 Å². The lowest BCUT2D eigenvalue weighted by Gasteiger charge is -2.24. The van der Waals surface area contributed by atoms with Gasteiger partial charge in [0.2, 0.25) is 0 Å². The summed E-state index contributed by atoms with van der Waals surface area (Å²) < 4.78 is 6.01. The van der Waals surface area contributed by atoms with Crippen molar-refractivity contribution in [3.8, 4) is 5.75 Å². The Morgan fingerprint density at radius 3 is 2.54 bits per heavy atom. The molecule has 3 aromatic carbocycles. The van der Waals surface area contributed by atoms with Crippen LogP contribution in [-0.4, -0.2) is 33.8 Å². The summed E-state index contributed by atoms with van der Waals surface area (Å²) in [6, 6.07) is 18.9. The van der Waals surface area contributed by atoms with Crippen LogP contribution in [0.15, 0.2) is 90.2 Å². The summed E-state index contributed by atoms with van der Waals surface area (Å²) in [5.74, 6) is -1.43. The molecule has 2 heterocycles. The zero-order valence-electron chi connectivity index (χ0n) is 19.4. The van der Waals surface area contributed by atoms with Crippen molar-refractivity contribution in [2.45, 2.75) is 6.04 Å². The molecule has 0 saturated heterocycles. The van der Waals surface area contributed by atoms with Gasteiger partial charge in [-0.25, -0.2) is 4.98 Å². The first kappa shape index (κ1) is 23.9. The summed E-state index contributed by atoms with van der Waals surface area (Å²) in [6.45, 7) is 0. The molecular formula is C27H19N3O6S. The maximum absolute atomic E-state index is 13.3. The molecule has 0 spiro atoms. The lowest BCUT2D eigenvalue weighted by molar-refractivity contribution is -0.384. The zero-order chi connectivity index (χ0) is 26.1. The molecule has 0 bridgehead atoms. The predicted molar refractivity (Wildman–Crippen MR) is 140 cm³/mol. The lowest BCUT2D eigenvalue weighted by Crippen LogP contribution is -2.30. The third-order valence-corrected chi connectivity index (χ3v) is 6.93. The number of aliphatic hydroxyl groups is 1. The molecule has 9 nitrogen and oxygen atoms in total. The van der Waals surface area contributed by atoms with Crippen LogP contribution in [-0.2, 0) is 9.59 Å². The smallest absolute Gasteiger partial charge is 0.296 e. The summed E-state index contributed by atoms with van der Waals surface area (Å²) in [6.07, 6.45) is 2.88. The molecule has 5 rings (SSSR count). The highest BCUT2D eigenvalue weighted by Gasteiger charge is 2.45. The predicted octanol–water partition coefficient (Wildman–Crippen LogP) is 5.40. The van der Waals surface area contributed by atoms with Gasteiger partial charge in [-0.15, -0.1) is 0 Å². The molecule has 4 aromatic rings. The number of non-ortho nitro benzene ring substituents is 1. The minimum Gasteiger partial charge on any atom is -0.503 e. The normalized spacial score (nSPS) is 15.6. The number of allylic oxidation sites excluding steroid dienone is 1. The van der Waals surface area contributed by atoms with E-state index in [-0.39, 0.29) is 16.4 Å². The number of rotatable bonds is 7. The van der Waals surface area contributed by atoms with E-state index >= 15 is 0 Å². The quantitative estimate of drug-likeness (QED) is 0.199. The molecule has 1 unspecified atom stereocenters. The van der Waals surface area contributed by atoms with E-state index in [0.717, 1.165) is 10.3 Å². The van der Waals surface area contributed by atoms with Crippen LogP contribution >= 0.6 is 11.3 Å². The lowest BCUT2D eigenvalue weighted by atomic mass is 9.95. The van der Waals surface area contributed by atoms with Crippen molar-refractivity contribution in [1.82, 2.24) is 4.98 Å². The van der Waals surface area contributed by atoms with E-state index in [2.05, 4.69) is 4.98 Å². The Morgan fingerprint density at radius 2 is 1.86 bits per heavy atom. The molecule has 184 valence electrons. The number of aliphatic hydroxyl groups excluding tert-OH is 1. The maximum Gasteiger partial charge on any atom is 0.296 e. The number of ether oxygens (including phenoxy) is 1. The van der Waals surface area contributed by atoms with E-state index in [0.29, 0.717) is 16.8 Å². The third kappa shape index (κ3) is 4.45. The van der Waals surface area contributed by atoms with Gasteiger partial charge in [-0.3, -0.25) is 24.6 Å². The number of hydrogen-bond acceptors (Lipinski definition) is 8. The van der Waals surface area contributed by atoms with Crippen LogP contribution in [0, 0.1) is 10.1 Å². The molecule has 0 saturated carbocycles. The van der Waals surface area contributed by atoms with Gasteiger partial charge in [0, 0.05) is 12.1 Å². The van der Waals surface area contributed by atoms with Crippen molar-refractivity contribution in [1.29, 1.82) is 0 Å². The van der Waals surface area contributed by atoms with Crippen molar-refractivity contribution >= 4 is 50.1 Å². The number of nitro benzene ring substituents is 1. The van der Waals surface area contributed by atoms with E-state index in [1.807, 2.05) is 30.3 Å². The highest BCUT2D eigenvalue weighted by Crippen LogP contribution is 2.44. The van der Waals surface area contributed by atoms with Gasteiger partial charge in [0.1, 0.15) is 5.75 Å². The van der Waals surface area contributed by atoms with Crippen molar-refractivity contribution in [3.63, 3.8) is 0 Å². The molecule has 37 heavy (non-hydrogen) atoms. The number of carbonyl (C=O) groups excluding carboxylic acids is 2. The molecule has 1 aliphatic heterocycles. The molecule has 10 heteroatoms. The fourth-order valence-electron chi connectivity index (χ4n) is 4.10. The largest absolute Gasteiger partial charge is 0.503 e. The summed E-state index contributed by atoms with van der Waals surface area (Å²) in [5.41, 5.74) is 1.51. The van der Waals surface area contributed by atoms with Crippen LogP contribution in [0.1, 0.15) is 17.2 Å². The molecule has 0 radical (unpaired) electrons. The highest BCUT2D eigenvalue weighted by atomic mass is 32.1. The van der Waals surface area contributed by atoms with E-state index in [1.54, 1.807) is 31.4 Å². The molecule has 0 fully saturated rings.